The molecule has 1 saturated heterocycles. The Morgan fingerprint density at radius 3 is 2.88 bits per heavy atom. The van der Waals surface area contributed by atoms with Crippen LogP contribution in [0.15, 0.2) is 41.1 Å². The van der Waals surface area contributed by atoms with E-state index in [0.29, 0.717) is 18.8 Å². The molecular weight excluding hydrogens is 324 g/mol. The highest BCUT2D eigenvalue weighted by Gasteiger charge is 2.25. The van der Waals surface area contributed by atoms with Crippen LogP contribution in [0.2, 0.25) is 0 Å². The molecule has 0 aromatic carbocycles. The number of nitrogens with zero attached hydrogens (tertiary/aromatic N) is 2. The van der Waals surface area contributed by atoms with Crippen molar-refractivity contribution in [1.82, 2.24) is 9.88 Å². The van der Waals surface area contributed by atoms with Crippen LogP contribution in [0.25, 0.3) is 0 Å². The lowest BCUT2D eigenvalue weighted by Gasteiger charge is -2.24. The van der Waals surface area contributed by atoms with Crippen molar-refractivity contribution in [3.05, 3.63) is 53.7 Å². The van der Waals surface area contributed by atoms with Crippen molar-refractivity contribution in [2.24, 2.45) is 0 Å². The molecule has 1 aliphatic rings. The monoisotopic (exact) mass is 346 g/mol. The fourth-order valence-corrected chi connectivity index (χ4v) is 3.27. The molecule has 0 N–H and O–H groups in total. The number of aromatic nitrogens is 1. The lowest BCUT2D eigenvalue weighted by molar-refractivity contribution is 0.0483. The molecule has 0 aliphatic carbocycles. The van der Waals surface area contributed by atoms with Crippen molar-refractivity contribution in [2.45, 2.75) is 31.2 Å². The number of thioether (sulfide) groups is 1. The molecule has 2 aromatic rings. The van der Waals surface area contributed by atoms with E-state index in [9.17, 15) is 4.79 Å². The van der Waals surface area contributed by atoms with Gasteiger partial charge in [0.1, 0.15) is 5.76 Å². The summed E-state index contributed by atoms with van der Waals surface area (Å²) in [5.41, 5.74) is 1.05. The second-order valence-corrected chi connectivity index (χ2v) is 6.74. The van der Waals surface area contributed by atoms with Gasteiger partial charge in [-0.2, -0.15) is 11.8 Å². The smallest absolute Gasteiger partial charge is 0.289 e. The third-order valence-electron chi connectivity index (χ3n) is 4.02. The van der Waals surface area contributed by atoms with Crippen molar-refractivity contribution < 1.29 is 13.9 Å². The summed E-state index contributed by atoms with van der Waals surface area (Å²) >= 11 is 1.67. The SMILES string of the molecule is CSCc1ccc(C(=O)N(Cc2ccncc2)C[C@H]2CCCO2)o1. The number of furan rings is 1. The van der Waals surface area contributed by atoms with Crippen LogP contribution in [0, 0.1) is 0 Å². The fraction of sp³-hybridized carbons (Fsp3) is 0.444. The third-order valence-corrected chi connectivity index (χ3v) is 4.59. The summed E-state index contributed by atoms with van der Waals surface area (Å²) in [4.78, 5) is 18.8. The zero-order valence-electron chi connectivity index (χ0n) is 13.8. The molecule has 0 unspecified atom stereocenters. The first-order valence-corrected chi connectivity index (χ1v) is 9.53. The van der Waals surface area contributed by atoms with Gasteiger partial charge in [-0.25, -0.2) is 0 Å². The topological polar surface area (TPSA) is 55.6 Å². The summed E-state index contributed by atoms with van der Waals surface area (Å²) in [6, 6.07) is 7.50. The summed E-state index contributed by atoms with van der Waals surface area (Å²) in [6.07, 6.45) is 7.66. The second kappa shape index (κ2) is 8.35. The van der Waals surface area contributed by atoms with Crippen LogP contribution >= 0.6 is 11.8 Å². The van der Waals surface area contributed by atoms with Crippen LogP contribution in [-0.2, 0) is 17.0 Å². The first kappa shape index (κ1) is 17.0. The minimum absolute atomic E-state index is 0.0883. The van der Waals surface area contributed by atoms with Gasteiger partial charge in [-0.05, 0) is 48.9 Å². The van der Waals surface area contributed by atoms with Gasteiger partial charge in [0, 0.05) is 32.1 Å². The maximum absolute atomic E-state index is 12.9. The van der Waals surface area contributed by atoms with E-state index in [1.54, 1.807) is 30.2 Å². The number of ether oxygens (including phenoxy) is 1. The normalized spacial score (nSPS) is 17.1. The number of rotatable bonds is 7. The lowest BCUT2D eigenvalue weighted by atomic mass is 10.2. The molecule has 0 spiro atoms. The van der Waals surface area contributed by atoms with Crippen LogP contribution in [0.4, 0.5) is 0 Å². The Morgan fingerprint density at radius 2 is 2.17 bits per heavy atom. The Hall–Kier alpha value is -1.79. The summed E-state index contributed by atoms with van der Waals surface area (Å²) in [7, 11) is 0. The average molecular weight is 346 g/mol. The predicted molar refractivity (Wildman–Crippen MR) is 93.9 cm³/mol. The van der Waals surface area contributed by atoms with Gasteiger partial charge in [-0.15, -0.1) is 0 Å². The van der Waals surface area contributed by atoms with E-state index in [2.05, 4.69) is 4.98 Å². The maximum atomic E-state index is 12.9. The van der Waals surface area contributed by atoms with Gasteiger partial charge in [-0.1, -0.05) is 0 Å². The predicted octanol–water partition coefficient (Wildman–Crippen LogP) is 3.36. The summed E-state index contributed by atoms with van der Waals surface area (Å²) in [5, 5.41) is 0. The Kier molecular flexibility index (Phi) is 5.93. The van der Waals surface area contributed by atoms with Gasteiger partial charge in [0.15, 0.2) is 5.76 Å². The number of hydrogen-bond acceptors (Lipinski definition) is 5. The molecule has 0 saturated carbocycles. The van der Waals surface area contributed by atoms with Crippen LogP contribution in [-0.4, -0.2) is 41.3 Å². The first-order valence-electron chi connectivity index (χ1n) is 8.13. The van der Waals surface area contributed by atoms with Crippen molar-refractivity contribution >= 4 is 17.7 Å². The Balaban J connectivity index is 1.75. The van der Waals surface area contributed by atoms with Crippen LogP contribution in [0.3, 0.4) is 0 Å². The molecule has 24 heavy (non-hydrogen) atoms. The molecule has 1 atom stereocenters. The number of hydrogen-bond donors (Lipinski definition) is 0. The Labute approximate surface area is 146 Å². The summed E-state index contributed by atoms with van der Waals surface area (Å²) < 4.78 is 11.4. The molecule has 3 rings (SSSR count). The van der Waals surface area contributed by atoms with E-state index >= 15 is 0 Å². The molecule has 128 valence electrons. The van der Waals surface area contributed by atoms with Crippen LogP contribution in [0.1, 0.15) is 34.7 Å². The van der Waals surface area contributed by atoms with Crippen molar-refractivity contribution in [2.75, 3.05) is 19.4 Å². The molecule has 1 aliphatic heterocycles. The third kappa shape index (κ3) is 4.39. The largest absolute Gasteiger partial charge is 0.455 e. The van der Waals surface area contributed by atoms with E-state index in [1.807, 2.05) is 29.4 Å². The van der Waals surface area contributed by atoms with Crippen molar-refractivity contribution in [3.8, 4) is 0 Å². The number of pyridine rings is 1. The summed E-state index contributed by atoms with van der Waals surface area (Å²) in [6.45, 7) is 1.89. The molecule has 3 heterocycles. The lowest BCUT2D eigenvalue weighted by Crippen LogP contribution is -2.36. The van der Waals surface area contributed by atoms with E-state index in [1.165, 1.54) is 0 Å². The quantitative estimate of drug-likeness (QED) is 0.769. The van der Waals surface area contributed by atoms with E-state index in [-0.39, 0.29) is 12.0 Å². The molecule has 0 bridgehead atoms. The first-order chi connectivity index (χ1) is 11.8. The highest BCUT2D eigenvalue weighted by atomic mass is 32.2. The van der Waals surface area contributed by atoms with E-state index in [0.717, 1.165) is 36.5 Å². The van der Waals surface area contributed by atoms with E-state index in [4.69, 9.17) is 9.15 Å². The molecular formula is C18H22N2O3S. The van der Waals surface area contributed by atoms with E-state index < -0.39 is 0 Å². The van der Waals surface area contributed by atoms with Crippen LogP contribution < -0.4 is 0 Å². The van der Waals surface area contributed by atoms with Gasteiger partial charge >= 0.3 is 0 Å². The molecule has 6 heteroatoms. The van der Waals surface area contributed by atoms with Crippen molar-refractivity contribution in [3.63, 3.8) is 0 Å². The minimum Gasteiger partial charge on any atom is -0.455 e. The van der Waals surface area contributed by atoms with Gasteiger partial charge < -0.3 is 14.1 Å². The fourth-order valence-electron chi connectivity index (χ4n) is 2.83. The molecule has 0 radical (unpaired) electrons. The molecule has 2 aromatic heterocycles. The number of carbonyl (C=O) groups is 1. The Morgan fingerprint density at radius 1 is 1.33 bits per heavy atom. The average Bonchev–Trinajstić information content (AvgIpc) is 3.27. The highest BCUT2D eigenvalue weighted by Crippen LogP contribution is 2.19. The van der Waals surface area contributed by atoms with Gasteiger partial charge in [-0.3, -0.25) is 9.78 Å². The highest BCUT2D eigenvalue weighted by molar-refractivity contribution is 7.97. The standard InChI is InChI=1S/C18H22N2O3S/c1-24-13-16-4-5-17(23-16)18(21)20(12-15-3-2-10-22-15)11-14-6-8-19-9-7-14/h4-9,15H,2-3,10-13H2,1H3/t15-/m1/s1. The second-order valence-electron chi connectivity index (χ2n) is 5.88. The van der Waals surface area contributed by atoms with Gasteiger partial charge in [0.25, 0.3) is 5.91 Å². The number of carbonyl (C=O) groups excluding carboxylic acids is 1. The number of amides is 1. The summed E-state index contributed by atoms with van der Waals surface area (Å²) in [5.74, 6) is 1.90. The Bertz CT molecular complexity index is 653. The van der Waals surface area contributed by atoms with Crippen LogP contribution in [0.5, 0.6) is 0 Å². The molecule has 1 fully saturated rings. The van der Waals surface area contributed by atoms with Crippen molar-refractivity contribution in [1.29, 1.82) is 0 Å². The maximum Gasteiger partial charge on any atom is 0.289 e. The minimum atomic E-state index is -0.0883. The van der Waals surface area contributed by atoms with Gasteiger partial charge in [0.05, 0.1) is 11.9 Å². The molecule has 1 amide bonds. The van der Waals surface area contributed by atoms with Gasteiger partial charge in [0.2, 0.25) is 0 Å². The zero-order chi connectivity index (χ0) is 16.8. The molecule has 5 nitrogen and oxygen atoms in total. The zero-order valence-corrected chi connectivity index (χ0v) is 14.6.